The molecular weight excluding hydrogens is 154 g/mol. The van der Waals surface area contributed by atoms with Crippen molar-refractivity contribution < 1.29 is 9.63 Å². The lowest BCUT2D eigenvalue weighted by molar-refractivity contribution is -0.102. The maximum absolute atomic E-state index is 10.5. The van der Waals surface area contributed by atoms with Crippen LogP contribution in [0.1, 0.15) is 5.56 Å². The summed E-state index contributed by atoms with van der Waals surface area (Å²) in [6.07, 6.45) is 0.666. The van der Waals surface area contributed by atoms with Crippen molar-refractivity contribution in [2.24, 2.45) is 5.16 Å². The monoisotopic (exact) mass is 163 g/mol. The number of nitrogens with zero attached hydrogens (tertiary/aromatic N) is 1. The van der Waals surface area contributed by atoms with Crippen LogP contribution in [0.25, 0.3) is 0 Å². The van der Waals surface area contributed by atoms with Crippen molar-refractivity contribution in [3.63, 3.8) is 0 Å². The molecule has 1 rings (SSSR count). The van der Waals surface area contributed by atoms with Crippen LogP contribution in [0.3, 0.4) is 0 Å². The van der Waals surface area contributed by atoms with Gasteiger partial charge in [-0.15, -0.1) is 0 Å². The fraction of sp³-hybridized carbons (Fsp3) is 0.111. The van der Waals surface area contributed by atoms with E-state index in [2.05, 4.69) is 9.99 Å². The van der Waals surface area contributed by atoms with Gasteiger partial charge in [0.1, 0.15) is 12.8 Å². The minimum absolute atomic E-state index is 0.304. The predicted molar refractivity (Wildman–Crippen MR) is 46.1 cm³/mol. The molecule has 0 saturated carbocycles. The lowest BCUT2D eigenvalue weighted by Crippen LogP contribution is -2.01. The Kier molecular flexibility index (Phi) is 3.02. The van der Waals surface area contributed by atoms with E-state index in [1.165, 1.54) is 7.11 Å². The molecule has 0 spiro atoms. The van der Waals surface area contributed by atoms with Crippen LogP contribution in [0.2, 0.25) is 0 Å². The summed E-state index contributed by atoms with van der Waals surface area (Å²) in [7, 11) is 1.41. The molecule has 0 heterocycles. The first-order valence-electron chi connectivity index (χ1n) is 3.50. The zero-order valence-electron chi connectivity index (χ0n) is 6.73. The van der Waals surface area contributed by atoms with Crippen molar-refractivity contribution in [1.29, 1.82) is 0 Å². The summed E-state index contributed by atoms with van der Waals surface area (Å²) in [5, 5.41) is 3.56. The van der Waals surface area contributed by atoms with Gasteiger partial charge in [0.25, 0.3) is 0 Å². The van der Waals surface area contributed by atoms with E-state index >= 15 is 0 Å². The molecule has 0 unspecified atom stereocenters. The van der Waals surface area contributed by atoms with Crippen LogP contribution in [-0.4, -0.2) is 19.1 Å². The van der Waals surface area contributed by atoms with Crippen molar-refractivity contribution >= 4 is 12.0 Å². The summed E-state index contributed by atoms with van der Waals surface area (Å²) >= 11 is 0. The van der Waals surface area contributed by atoms with Gasteiger partial charge in [-0.2, -0.15) is 0 Å². The highest BCUT2D eigenvalue weighted by molar-refractivity contribution is 6.36. The molecule has 0 N–H and O–H groups in total. The standard InChI is InChI=1S/C9H9NO2/c1-12-10-9(7-11)8-5-3-2-4-6-8/h2-7H,1H3/b10-9-. The second kappa shape index (κ2) is 4.28. The summed E-state index contributed by atoms with van der Waals surface area (Å²) in [6.45, 7) is 0. The summed E-state index contributed by atoms with van der Waals surface area (Å²) in [4.78, 5) is 15.0. The van der Waals surface area contributed by atoms with Gasteiger partial charge >= 0.3 is 0 Å². The number of rotatable bonds is 3. The topological polar surface area (TPSA) is 38.7 Å². The fourth-order valence-electron chi connectivity index (χ4n) is 0.850. The van der Waals surface area contributed by atoms with Gasteiger partial charge in [-0.25, -0.2) is 0 Å². The van der Waals surface area contributed by atoms with Gasteiger partial charge in [0, 0.05) is 5.56 Å². The Morgan fingerprint density at radius 1 is 1.42 bits per heavy atom. The van der Waals surface area contributed by atoms with Gasteiger partial charge in [-0.3, -0.25) is 4.79 Å². The van der Waals surface area contributed by atoms with Crippen molar-refractivity contribution in [2.75, 3.05) is 7.11 Å². The first-order chi connectivity index (χ1) is 5.88. The second-order valence-corrected chi connectivity index (χ2v) is 2.14. The molecule has 0 aliphatic rings. The number of aldehydes is 1. The highest BCUT2D eigenvalue weighted by atomic mass is 16.6. The molecule has 3 heteroatoms. The van der Waals surface area contributed by atoms with Crippen LogP contribution >= 0.6 is 0 Å². The maximum atomic E-state index is 10.5. The number of oxime groups is 1. The second-order valence-electron chi connectivity index (χ2n) is 2.14. The van der Waals surface area contributed by atoms with Crippen LogP contribution in [0, 0.1) is 0 Å². The number of carbonyl (C=O) groups excluding carboxylic acids is 1. The minimum Gasteiger partial charge on any atom is -0.399 e. The average molecular weight is 163 g/mol. The van der Waals surface area contributed by atoms with Crippen molar-refractivity contribution in [3.8, 4) is 0 Å². The number of benzene rings is 1. The van der Waals surface area contributed by atoms with Crippen molar-refractivity contribution in [3.05, 3.63) is 35.9 Å². The molecule has 3 nitrogen and oxygen atoms in total. The van der Waals surface area contributed by atoms with Crippen LogP contribution < -0.4 is 0 Å². The van der Waals surface area contributed by atoms with E-state index in [0.29, 0.717) is 12.0 Å². The van der Waals surface area contributed by atoms with Crippen LogP contribution in [0.5, 0.6) is 0 Å². The normalized spacial score (nSPS) is 10.9. The summed E-state index contributed by atoms with van der Waals surface area (Å²) in [5.41, 5.74) is 1.06. The van der Waals surface area contributed by atoms with E-state index in [4.69, 9.17) is 0 Å². The first-order valence-corrected chi connectivity index (χ1v) is 3.50. The van der Waals surface area contributed by atoms with E-state index in [9.17, 15) is 4.79 Å². The van der Waals surface area contributed by atoms with Gasteiger partial charge in [0.05, 0.1) is 0 Å². The molecule has 0 aliphatic heterocycles. The molecule has 0 fully saturated rings. The van der Waals surface area contributed by atoms with Crippen molar-refractivity contribution in [1.82, 2.24) is 0 Å². The molecule has 0 radical (unpaired) electrons. The summed E-state index contributed by atoms with van der Waals surface area (Å²) in [6, 6.07) is 9.14. The van der Waals surface area contributed by atoms with E-state index in [1.807, 2.05) is 18.2 Å². The molecule has 0 saturated heterocycles. The highest BCUT2D eigenvalue weighted by Crippen LogP contribution is 1.99. The lowest BCUT2D eigenvalue weighted by atomic mass is 10.1. The molecule has 0 bridgehead atoms. The molecule has 1 aromatic carbocycles. The Balaban J connectivity index is 2.96. The Morgan fingerprint density at radius 2 is 2.08 bits per heavy atom. The molecule has 0 amide bonds. The van der Waals surface area contributed by atoms with E-state index in [-0.39, 0.29) is 0 Å². The van der Waals surface area contributed by atoms with E-state index < -0.39 is 0 Å². The fourth-order valence-corrected chi connectivity index (χ4v) is 0.850. The Morgan fingerprint density at radius 3 is 2.58 bits per heavy atom. The predicted octanol–water partition coefficient (Wildman–Crippen LogP) is 1.24. The lowest BCUT2D eigenvalue weighted by Gasteiger charge is -1.96. The number of hydrogen-bond donors (Lipinski definition) is 0. The molecular formula is C9H9NO2. The molecule has 1 aromatic rings. The molecule has 62 valence electrons. The molecule has 12 heavy (non-hydrogen) atoms. The summed E-state index contributed by atoms with van der Waals surface area (Å²) in [5.74, 6) is 0. The highest BCUT2D eigenvalue weighted by Gasteiger charge is 1.99. The average Bonchev–Trinajstić information content (AvgIpc) is 2.15. The minimum atomic E-state index is 0.304. The van der Waals surface area contributed by atoms with Gasteiger partial charge in [0.15, 0.2) is 6.29 Å². The third-order valence-electron chi connectivity index (χ3n) is 1.37. The maximum Gasteiger partial charge on any atom is 0.172 e. The van der Waals surface area contributed by atoms with Gasteiger partial charge in [0.2, 0.25) is 0 Å². The molecule has 0 aromatic heterocycles. The third-order valence-corrected chi connectivity index (χ3v) is 1.37. The van der Waals surface area contributed by atoms with E-state index in [1.54, 1.807) is 12.1 Å². The SMILES string of the molecule is CO/N=C(/C=O)c1ccccc1. The first kappa shape index (κ1) is 8.46. The number of hydrogen-bond acceptors (Lipinski definition) is 3. The van der Waals surface area contributed by atoms with Gasteiger partial charge < -0.3 is 4.84 Å². The molecule has 0 aliphatic carbocycles. The third kappa shape index (κ3) is 1.92. The Hall–Kier alpha value is -1.64. The Bertz CT molecular complexity index is 280. The number of carbonyl (C=O) groups is 1. The molecule has 0 atom stereocenters. The van der Waals surface area contributed by atoms with Gasteiger partial charge in [-0.1, -0.05) is 35.5 Å². The van der Waals surface area contributed by atoms with Crippen LogP contribution in [0.4, 0.5) is 0 Å². The van der Waals surface area contributed by atoms with Gasteiger partial charge in [-0.05, 0) is 0 Å². The van der Waals surface area contributed by atoms with E-state index in [0.717, 1.165) is 5.56 Å². The smallest absolute Gasteiger partial charge is 0.172 e. The zero-order valence-corrected chi connectivity index (χ0v) is 6.73. The largest absolute Gasteiger partial charge is 0.399 e. The quantitative estimate of drug-likeness (QED) is 0.382. The zero-order chi connectivity index (χ0) is 8.81. The van der Waals surface area contributed by atoms with Crippen LogP contribution in [0.15, 0.2) is 35.5 Å². The van der Waals surface area contributed by atoms with Crippen molar-refractivity contribution in [2.45, 2.75) is 0 Å². The van der Waals surface area contributed by atoms with Crippen LogP contribution in [-0.2, 0) is 9.63 Å². The summed E-state index contributed by atoms with van der Waals surface area (Å²) < 4.78 is 0. The Labute approximate surface area is 70.7 Å².